The lowest BCUT2D eigenvalue weighted by molar-refractivity contribution is 0.318. The van der Waals surface area contributed by atoms with Crippen LogP contribution in [0.2, 0.25) is 0 Å². The number of imidazole rings is 1. The van der Waals surface area contributed by atoms with E-state index in [4.69, 9.17) is 9.72 Å². The van der Waals surface area contributed by atoms with Gasteiger partial charge in [-0.3, -0.25) is 0 Å². The summed E-state index contributed by atoms with van der Waals surface area (Å²) in [6.45, 7) is 7.09. The molecule has 0 spiro atoms. The molecule has 1 aromatic heterocycles. The fraction of sp³-hybridized carbons (Fsp3) is 0.562. The summed E-state index contributed by atoms with van der Waals surface area (Å²) >= 11 is 0. The number of aryl methyl sites for hydroxylation is 1. The maximum Gasteiger partial charge on any atom is 0.121 e. The molecule has 4 heteroatoms. The van der Waals surface area contributed by atoms with Gasteiger partial charge in [0, 0.05) is 26.1 Å². The number of aromatic nitrogens is 2. The molecule has 2 rings (SSSR count). The SMILES string of the molecule is CCCNCCc1nc2cc(OCCC)ccc2n1C. The van der Waals surface area contributed by atoms with E-state index >= 15 is 0 Å². The van der Waals surface area contributed by atoms with Crippen molar-refractivity contribution < 1.29 is 4.74 Å². The topological polar surface area (TPSA) is 39.1 Å². The Hall–Kier alpha value is -1.55. The first-order valence-electron chi connectivity index (χ1n) is 7.55. The van der Waals surface area contributed by atoms with E-state index in [0.29, 0.717) is 0 Å². The maximum absolute atomic E-state index is 5.66. The van der Waals surface area contributed by atoms with Crippen LogP contribution in [0.25, 0.3) is 11.0 Å². The summed E-state index contributed by atoms with van der Waals surface area (Å²) in [4.78, 5) is 4.72. The molecule has 0 fully saturated rings. The van der Waals surface area contributed by atoms with Gasteiger partial charge in [-0.05, 0) is 31.5 Å². The summed E-state index contributed by atoms with van der Waals surface area (Å²) in [5, 5.41) is 3.42. The van der Waals surface area contributed by atoms with E-state index in [0.717, 1.165) is 49.6 Å². The number of nitrogens with zero attached hydrogens (tertiary/aromatic N) is 2. The van der Waals surface area contributed by atoms with E-state index in [1.165, 1.54) is 11.9 Å². The molecule has 20 heavy (non-hydrogen) atoms. The average Bonchev–Trinajstić information content (AvgIpc) is 2.77. The Morgan fingerprint density at radius 1 is 1.20 bits per heavy atom. The largest absolute Gasteiger partial charge is 0.494 e. The number of hydrogen-bond acceptors (Lipinski definition) is 3. The van der Waals surface area contributed by atoms with Crippen LogP contribution in [0.3, 0.4) is 0 Å². The molecule has 110 valence electrons. The molecule has 1 aromatic carbocycles. The molecule has 0 aliphatic carbocycles. The van der Waals surface area contributed by atoms with Crippen molar-refractivity contribution in [2.45, 2.75) is 33.1 Å². The highest BCUT2D eigenvalue weighted by molar-refractivity contribution is 5.77. The molecule has 4 nitrogen and oxygen atoms in total. The normalized spacial score (nSPS) is 11.2. The quantitative estimate of drug-likeness (QED) is 0.753. The molecule has 0 saturated heterocycles. The van der Waals surface area contributed by atoms with Gasteiger partial charge in [0.1, 0.15) is 11.6 Å². The van der Waals surface area contributed by atoms with Gasteiger partial charge in [-0.25, -0.2) is 4.98 Å². The fourth-order valence-electron chi connectivity index (χ4n) is 2.26. The van der Waals surface area contributed by atoms with Crippen LogP contribution in [0.5, 0.6) is 5.75 Å². The molecule has 0 amide bonds. The van der Waals surface area contributed by atoms with Crippen molar-refractivity contribution in [2.24, 2.45) is 7.05 Å². The zero-order valence-electron chi connectivity index (χ0n) is 12.8. The third-order valence-corrected chi connectivity index (χ3v) is 3.37. The van der Waals surface area contributed by atoms with E-state index in [1.54, 1.807) is 0 Å². The van der Waals surface area contributed by atoms with Crippen LogP contribution in [0.4, 0.5) is 0 Å². The van der Waals surface area contributed by atoms with Gasteiger partial charge in [-0.1, -0.05) is 13.8 Å². The minimum absolute atomic E-state index is 0.756. The lowest BCUT2D eigenvalue weighted by Gasteiger charge is -2.04. The van der Waals surface area contributed by atoms with Crippen LogP contribution in [0, 0.1) is 0 Å². The molecule has 1 N–H and O–H groups in total. The van der Waals surface area contributed by atoms with Gasteiger partial charge < -0.3 is 14.6 Å². The summed E-state index contributed by atoms with van der Waals surface area (Å²) in [5.41, 5.74) is 2.19. The van der Waals surface area contributed by atoms with Crippen LogP contribution in [-0.2, 0) is 13.5 Å². The summed E-state index contributed by atoms with van der Waals surface area (Å²) < 4.78 is 7.84. The number of ether oxygens (including phenoxy) is 1. The van der Waals surface area contributed by atoms with E-state index in [9.17, 15) is 0 Å². The second-order valence-corrected chi connectivity index (χ2v) is 5.09. The third-order valence-electron chi connectivity index (χ3n) is 3.37. The van der Waals surface area contributed by atoms with E-state index in [2.05, 4.69) is 36.8 Å². The number of nitrogens with one attached hydrogen (secondary N) is 1. The summed E-state index contributed by atoms with van der Waals surface area (Å²) in [6, 6.07) is 6.16. The molecule has 2 aromatic rings. The highest BCUT2D eigenvalue weighted by Crippen LogP contribution is 2.21. The van der Waals surface area contributed by atoms with Gasteiger partial charge in [0.15, 0.2) is 0 Å². The maximum atomic E-state index is 5.66. The van der Waals surface area contributed by atoms with Crippen molar-refractivity contribution in [1.82, 2.24) is 14.9 Å². The first-order chi connectivity index (χ1) is 9.76. The molecule has 0 radical (unpaired) electrons. The minimum Gasteiger partial charge on any atom is -0.494 e. The minimum atomic E-state index is 0.756. The highest BCUT2D eigenvalue weighted by atomic mass is 16.5. The Morgan fingerprint density at radius 2 is 2.05 bits per heavy atom. The van der Waals surface area contributed by atoms with Gasteiger partial charge >= 0.3 is 0 Å². The molecule has 1 heterocycles. The Kier molecular flexibility index (Phi) is 5.41. The van der Waals surface area contributed by atoms with Crippen molar-refractivity contribution in [2.75, 3.05) is 19.7 Å². The molecule has 0 aliphatic rings. The van der Waals surface area contributed by atoms with Crippen LogP contribution in [0.15, 0.2) is 18.2 Å². The van der Waals surface area contributed by atoms with Crippen LogP contribution in [-0.4, -0.2) is 29.2 Å². The van der Waals surface area contributed by atoms with E-state index in [1.807, 2.05) is 12.1 Å². The standard InChI is InChI=1S/C16H25N3O/c1-4-9-17-10-8-16-18-14-12-13(20-11-5-2)6-7-15(14)19(16)3/h6-7,12,17H,4-5,8-11H2,1-3H3. The lowest BCUT2D eigenvalue weighted by Crippen LogP contribution is -2.19. The first-order valence-corrected chi connectivity index (χ1v) is 7.55. The number of fused-ring (bicyclic) bond motifs is 1. The zero-order valence-corrected chi connectivity index (χ0v) is 12.8. The van der Waals surface area contributed by atoms with Gasteiger partial charge in [0.25, 0.3) is 0 Å². The van der Waals surface area contributed by atoms with Crippen molar-refractivity contribution in [1.29, 1.82) is 0 Å². The predicted octanol–water partition coefficient (Wildman–Crippen LogP) is 2.90. The third kappa shape index (κ3) is 3.51. The van der Waals surface area contributed by atoms with Gasteiger partial charge in [0.2, 0.25) is 0 Å². The molecular formula is C16H25N3O. The highest BCUT2D eigenvalue weighted by Gasteiger charge is 2.08. The zero-order chi connectivity index (χ0) is 14.4. The van der Waals surface area contributed by atoms with E-state index in [-0.39, 0.29) is 0 Å². The van der Waals surface area contributed by atoms with Crippen molar-refractivity contribution in [3.05, 3.63) is 24.0 Å². The Balaban J connectivity index is 2.10. The number of rotatable bonds is 8. The molecule has 0 saturated carbocycles. The smallest absolute Gasteiger partial charge is 0.121 e. The fourth-order valence-corrected chi connectivity index (χ4v) is 2.26. The van der Waals surface area contributed by atoms with Crippen molar-refractivity contribution in [3.63, 3.8) is 0 Å². The van der Waals surface area contributed by atoms with Crippen LogP contribution >= 0.6 is 0 Å². The Morgan fingerprint density at radius 3 is 2.80 bits per heavy atom. The molecule has 0 unspecified atom stereocenters. The molecular weight excluding hydrogens is 250 g/mol. The lowest BCUT2D eigenvalue weighted by atomic mass is 10.3. The number of hydrogen-bond donors (Lipinski definition) is 1. The van der Waals surface area contributed by atoms with Crippen LogP contribution in [0.1, 0.15) is 32.5 Å². The molecule has 0 aliphatic heterocycles. The Labute approximate surface area is 121 Å². The molecule has 0 atom stereocenters. The summed E-state index contributed by atoms with van der Waals surface area (Å²) in [6.07, 6.45) is 3.14. The van der Waals surface area contributed by atoms with Gasteiger partial charge in [0.05, 0.1) is 17.6 Å². The van der Waals surface area contributed by atoms with Crippen molar-refractivity contribution >= 4 is 11.0 Å². The number of benzene rings is 1. The second-order valence-electron chi connectivity index (χ2n) is 5.09. The molecule has 0 bridgehead atoms. The van der Waals surface area contributed by atoms with Gasteiger partial charge in [-0.2, -0.15) is 0 Å². The summed E-state index contributed by atoms with van der Waals surface area (Å²) in [5.74, 6) is 2.03. The predicted molar refractivity (Wildman–Crippen MR) is 83.4 cm³/mol. The Bertz CT molecular complexity index is 548. The second kappa shape index (κ2) is 7.29. The van der Waals surface area contributed by atoms with Gasteiger partial charge in [-0.15, -0.1) is 0 Å². The first kappa shape index (κ1) is 14.9. The van der Waals surface area contributed by atoms with E-state index < -0.39 is 0 Å². The average molecular weight is 275 g/mol. The monoisotopic (exact) mass is 275 g/mol. The summed E-state index contributed by atoms with van der Waals surface area (Å²) in [7, 11) is 2.08. The van der Waals surface area contributed by atoms with Crippen LogP contribution < -0.4 is 10.1 Å². The van der Waals surface area contributed by atoms with Crippen molar-refractivity contribution in [3.8, 4) is 5.75 Å².